The van der Waals surface area contributed by atoms with Gasteiger partial charge in [-0.2, -0.15) is 0 Å². The van der Waals surface area contributed by atoms with Gasteiger partial charge in [0.1, 0.15) is 12.1 Å². The Morgan fingerprint density at radius 3 is 2.20 bits per heavy atom. The van der Waals surface area contributed by atoms with Crippen LogP contribution in [0.25, 0.3) is 11.1 Å². The van der Waals surface area contributed by atoms with Crippen LogP contribution in [0.3, 0.4) is 0 Å². The van der Waals surface area contributed by atoms with Crippen LogP contribution in [0.1, 0.15) is 63.5 Å². The Kier molecular flexibility index (Phi) is 7.15. The first-order valence-corrected chi connectivity index (χ1v) is 12.4. The van der Waals surface area contributed by atoms with Crippen LogP contribution in [0.5, 0.6) is 0 Å². The number of likely N-dealkylation sites (N-methyl/N-ethyl adjacent to an activating group) is 1. The summed E-state index contributed by atoms with van der Waals surface area (Å²) in [5.74, 6) is -1.53. The Morgan fingerprint density at radius 2 is 1.63 bits per heavy atom. The number of rotatable bonds is 7. The van der Waals surface area contributed by atoms with Crippen molar-refractivity contribution in [2.75, 3.05) is 13.2 Å². The van der Waals surface area contributed by atoms with Gasteiger partial charge in [0.25, 0.3) is 0 Å². The number of alkyl carbamates (subject to hydrolysis) is 1. The molecule has 0 saturated heterocycles. The number of carboxylic acid groups (broad SMARTS) is 1. The fraction of sp³-hybridized carbons (Fsp3) is 0.464. The van der Waals surface area contributed by atoms with Crippen molar-refractivity contribution in [3.05, 3.63) is 59.7 Å². The molecule has 1 saturated carbocycles. The summed E-state index contributed by atoms with van der Waals surface area (Å²) in [6.45, 7) is 5.44. The molecule has 0 radical (unpaired) electrons. The van der Waals surface area contributed by atoms with Crippen molar-refractivity contribution in [1.29, 1.82) is 0 Å². The summed E-state index contributed by atoms with van der Waals surface area (Å²) in [4.78, 5) is 39.0. The summed E-state index contributed by atoms with van der Waals surface area (Å²) >= 11 is 0. The smallest absolute Gasteiger partial charge is 0.407 e. The van der Waals surface area contributed by atoms with E-state index in [1.807, 2.05) is 24.3 Å². The van der Waals surface area contributed by atoms with Crippen LogP contribution in [-0.2, 0) is 14.3 Å². The zero-order valence-electron chi connectivity index (χ0n) is 20.6. The molecular formula is C28H34N2O5. The molecule has 4 rings (SSSR count). The highest BCUT2D eigenvalue weighted by molar-refractivity contribution is 5.87. The third kappa shape index (κ3) is 4.90. The van der Waals surface area contributed by atoms with Crippen LogP contribution >= 0.6 is 0 Å². The maximum atomic E-state index is 13.2. The van der Waals surface area contributed by atoms with Gasteiger partial charge in [-0.15, -0.1) is 0 Å². The first-order chi connectivity index (χ1) is 16.7. The molecule has 2 aromatic carbocycles. The Morgan fingerprint density at radius 1 is 1.03 bits per heavy atom. The molecule has 0 bridgehead atoms. The number of carboxylic acids is 1. The second-order valence-electron chi connectivity index (χ2n) is 9.98. The van der Waals surface area contributed by atoms with Gasteiger partial charge in [-0.1, -0.05) is 55.0 Å². The molecule has 2 aliphatic rings. The summed E-state index contributed by atoms with van der Waals surface area (Å²) in [5, 5.41) is 12.5. The van der Waals surface area contributed by atoms with E-state index < -0.39 is 17.6 Å². The molecule has 0 unspecified atom stereocenters. The molecule has 7 heteroatoms. The van der Waals surface area contributed by atoms with E-state index in [1.165, 1.54) is 16.0 Å². The van der Waals surface area contributed by atoms with Crippen molar-refractivity contribution in [3.63, 3.8) is 0 Å². The van der Waals surface area contributed by atoms with Crippen molar-refractivity contribution >= 4 is 18.0 Å². The predicted octanol–water partition coefficient (Wildman–Crippen LogP) is 4.80. The summed E-state index contributed by atoms with van der Waals surface area (Å²) in [6.07, 6.45) is 2.24. The van der Waals surface area contributed by atoms with Gasteiger partial charge in [0.05, 0.1) is 0 Å². The van der Waals surface area contributed by atoms with Gasteiger partial charge in [0.15, 0.2) is 0 Å². The van der Waals surface area contributed by atoms with E-state index in [2.05, 4.69) is 29.6 Å². The minimum atomic E-state index is -1.28. The molecule has 2 N–H and O–H groups in total. The molecule has 0 heterocycles. The maximum Gasteiger partial charge on any atom is 0.407 e. The summed E-state index contributed by atoms with van der Waals surface area (Å²) in [7, 11) is 0. The Bertz CT molecular complexity index is 1070. The van der Waals surface area contributed by atoms with E-state index in [9.17, 15) is 19.5 Å². The molecule has 35 heavy (non-hydrogen) atoms. The SMILES string of the molecule is CCN(C(=O)[C@H]1CCC[C@@H](NC(=O)OCC2c3ccccc3-c3ccccc32)C1)C(C)(C)C(=O)O. The third-order valence-corrected chi connectivity index (χ3v) is 7.47. The first kappa shape index (κ1) is 24.8. The average molecular weight is 479 g/mol. The predicted molar refractivity (Wildman–Crippen MR) is 133 cm³/mol. The lowest BCUT2D eigenvalue weighted by atomic mass is 9.84. The molecule has 7 nitrogen and oxygen atoms in total. The lowest BCUT2D eigenvalue weighted by Crippen LogP contribution is -2.55. The van der Waals surface area contributed by atoms with E-state index in [0.29, 0.717) is 19.4 Å². The maximum absolute atomic E-state index is 13.2. The van der Waals surface area contributed by atoms with Crippen molar-refractivity contribution in [3.8, 4) is 11.1 Å². The number of hydrogen-bond acceptors (Lipinski definition) is 4. The standard InChI is InChI=1S/C28H34N2O5/c1-4-30(28(2,3)26(32)33)25(31)18-10-9-11-19(16-18)29-27(34)35-17-24-22-14-7-5-12-20(22)21-13-6-8-15-23(21)24/h5-8,12-15,18-19,24H,4,9-11,16-17H2,1-3H3,(H,29,34)(H,32,33)/t18-,19+/m0/s1. The fourth-order valence-electron chi connectivity index (χ4n) is 5.51. The quantitative estimate of drug-likeness (QED) is 0.596. The van der Waals surface area contributed by atoms with E-state index in [0.717, 1.165) is 24.0 Å². The fourth-order valence-corrected chi connectivity index (χ4v) is 5.51. The highest BCUT2D eigenvalue weighted by Crippen LogP contribution is 2.44. The largest absolute Gasteiger partial charge is 0.480 e. The van der Waals surface area contributed by atoms with E-state index in [1.54, 1.807) is 20.8 Å². The summed E-state index contributed by atoms with van der Waals surface area (Å²) in [6, 6.07) is 16.2. The van der Waals surface area contributed by atoms with E-state index >= 15 is 0 Å². The van der Waals surface area contributed by atoms with Crippen molar-refractivity contribution in [2.45, 2.75) is 64.0 Å². The Balaban J connectivity index is 1.36. The third-order valence-electron chi connectivity index (χ3n) is 7.47. The lowest BCUT2D eigenvalue weighted by molar-refractivity contribution is -0.159. The Hall–Kier alpha value is -3.35. The van der Waals surface area contributed by atoms with Gasteiger partial charge in [0.2, 0.25) is 5.91 Å². The van der Waals surface area contributed by atoms with E-state index in [4.69, 9.17) is 4.74 Å². The summed E-state index contributed by atoms with van der Waals surface area (Å²) in [5.41, 5.74) is 3.39. The molecule has 186 valence electrons. The lowest BCUT2D eigenvalue weighted by Gasteiger charge is -2.38. The van der Waals surface area contributed by atoms with Crippen LogP contribution in [0.15, 0.2) is 48.5 Å². The van der Waals surface area contributed by atoms with Crippen LogP contribution in [0.2, 0.25) is 0 Å². The molecule has 2 aliphatic carbocycles. The molecule has 1 fully saturated rings. The van der Waals surface area contributed by atoms with Gasteiger partial charge < -0.3 is 20.1 Å². The molecule has 2 amide bonds. The molecule has 0 aliphatic heterocycles. The van der Waals surface area contributed by atoms with Crippen LogP contribution in [-0.4, -0.2) is 52.7 Å². The van der Waals surface area contributed by atoms with Crippen LogP contribution < -0.4 is 5.32 Å². The minimum Gasteiger partial charge on any atom is -0.480 e. The number of nitrogens with one attached hydrogen (secondary N) is 1. The highest BCUT2D eigenvalue weighted by atomic mass is 16.5. The van der Waals surface area contributed by atoms with Gasteiger partial charge in [0, 0.05) is 24.4 Å². The van der Waals surface area contributed by atoms with Gasteiger partial charge in [-0.25, -0.2) is 9.59 Å². The number of hydrogen-bond donors (Lipinski definition) is 2. The second kappa shape index (κ2) is 10.1. The molecule has 2 aromatic rings. The van der Waals surface area contributed by atoms with Crippen molar-refractivity contribution in [2.24, 2.45) is 5.92 Å². The number of fused-ring (bicyclic) bond motifs is 3. The zero-order chi connectivity index (χ0) is 25.2. The molecule has 2 atom stereocenters. The molecule has 0 aromatic heterocycles. The topological polar surface area (TPSA) is 95.9 Å². The van der Waals surface area contributed by atoms with Gasteiger partial charge in [-0.3, -0.25) is 4.79 Å². The van der Waals surface area contributed by atoms with E-state index in [-0.39, 0.29) is 30.4 Å². The summed E-state index contributed by atoms with van der Waals surface area (Å²) < 4.78 is 5.67. The number of ether oxygens (including phenoxy) is 1. The van der Waals surface area contributed by atoms with Crippen LogP contribution in [0.4, 0.5) is 4.79 Å². The van der Waals surface area contributed by atoms with Gasteiger partial charge in [-0.05, 0) is 62.3 Å². The second-order valence-corrected chi connectivity index (χ2v) is 9.98. The number of aliphatic carboxylic acids is 1. The van der Waals surface area contributed by atoms with Gasteiger partial charge >= 0.3 is 12.1 Å². The van der Waals surface area contributed by atoms with Crippen LogP contribution in [0, 0.1) is 5.92 Å². The monoisotopic (exact) mass is 478 g/mol. The van der Waals surface area contributed by atoms with Crippen molar-refractivity contribution in [1.82, 2.24) is 10.2 Å². The average Bonchev–Trinajstić information content (AvgIpc) is 3.17. The van der Waals surface area contributed by atoms with Crippen molar-refractivity contribution < 1.29 is 24.2 Å². The normalized spacial score (nSPS) is 19.4. The number of carbonyl (C=O) groups is 3. The molecular weight excluding hydrogens is 444 g/mol. The minimum absolute atomic E-state index is 0.00908. The zero-order valence-corrected chi connectivity index (χ0v) is 20.6. The Labute approximate surface area is 206 Å². The number of nitrogens with zero attached hydrogens (tertiary/aromatic N) is 1. The number of carbonyl (C=O) groups excluding carboxylic acids is 2. The molecule has 0 spiro atoms. The number of amides is 2. The number of benzene rings is 2. The highest BCUT2D eigenvalue weighted by Gasteiger charge is 2.41. The first-order valence-electron chi connectivity index (χ1n) is 12.4.